The van der Waals surface area contributed by atoms with Gasteiger partial charge in [0.1, 0.15) is 5.76 Å². The molecule has 0 radical (unpaired) electrons. The normalized spacial score (nSPS) is 10.1. The highest BCUT2D eigenvalue weighted by Gasteiger charge is 2.14. The maximum atomic E-state index is 12.0. The fourth-order valence-electron chi connectivity index (χ4n) is 2.08. The molecule has 0 saturated heterocycles. The van der Waals surface area contributed by atoms with Crippen molar-refractivity contribution in [1.82, 2.24) is 5.16 Å². The molecular formula is C16H16N2O4. The average Bonchev–Trinajstić information content (AvgIpc) is 2.84. The van der Waals surface area contributed by atoms with Crippen LogP contribution in [0.25, 0.3) is 0 Å². The second-order valence-electron chi connectivity index (χ2n) is 4.75. The number of aromatic nitrogens is 1. The number of nitriles is 1. The van der Waals surface area contributed by atoms with E-state index in [0.29, 0.717) is 29.2 Å². The maximum Gasteiger partial charge on any atom is 0.311 e. The van der Waals surface area contributed by atoms with E-state index in [0.717, 1.165) is 11.3 Å². The summed E-state index contributed by atoms with van der Waals surface area (Å²) >= 11 is 0. The zero-order valence-corrected chi connectivity index (χ0v) is 12.7. The fraction of sp³-hybridized carbons (Fsp3) is 0.312. The highest BCUT2D eigenvalue weighted by Crippen LogP contribution is 2.28. The van der Waals surface area contributed by atoms with Gasteiger partial charge in [0.2, 0.25) is 0 Å². The van der Waals surface area contributed by atoms with Crippen molar-refractivity contribution in [2.45, 2.75) is 26.7 Å². The van der Waals surface area contributed by atoms with E-state index in [1.807, 2.05) is 19.9 Å². The van der Waals surface area contributed by atoms with Crippen LogP contribution in [-0.2, 0) is 11.2 Å². The molecule has 0 spiro atoms. The van der Waals surface area contributed by atoms with Gasteiger partial charge < -0.3 is 14.0 Å². The molecule has 0 aliphatic carbocycles. The Kier molecular flexibility index (Phi) is 4.79. The molecule has 2 aromatic rings. The summed E-state index contributed by atoms with van der Waals surface area (Å²) in [6, 6.07) is 6.64. The SMILES string of the molecule is COc1cc(C#N)ccc1OC(=O)CCc1c(C)noc1C. The van der Waals surface area contributed by atoms with Crippen LogP contribution in [-0.4, -0.2) is 18.2 Å². The van der Waals surface area contributed by atoms with Crippen molar-refractivity contribution in [3.8, 4) is 17.6 Å². The summed E-state index contributed by atoms with van der Waals surface area (Å²) in [5.74, 6) is 0.972. The number of hydrogen-bond donors (Lipinski definition) is 0. The van der Waals surface area contributed by atoms with Gasteiger partial charge in [-0.1, -0.05) is 5.16 Å². The van der Waals surface area contributed by atoms with Crippen LogP contribution < -0.4 is 9.47 Å². The Hall–Kier alpha value is -2.81. The molecule has 114 valence electrons. The summed E-state index contributed by atoms with van der Waals surface area (Å²) in [6.45, 7) is 3.64. The minimum Gasteiger partial charge on any atom is -0.493 e. The number of rotatable bonds is 5. The van der Waals surface area contributed by atoms with Crippen molar-refractivity contribution in [1.29, 1.82) is 5.26 Å². The monoisotopic (exact) mass is 300 g/mol. The van der Waals surface area contributed by atoms with E-state index < -0.39 is 0 Å². The minimum atomic E-state index is -0.386. The number of carbonyl (C=O) groups excluding carboxylic acids is 1. The minimum absolute atomic E-state index is 0.200. The Morgan fingerprint density at radius 2 is 2.14 bits per heavy atom. The highest BCUT2D eigenvalue weighted by molar-refractivity contribution is 5.73. The summed E-state index contributed by atoms with van der Waals surface area (Å²) in [7, 11) is 1.46. The van der Waals surface area contributed by atoms with Crippen LogP contribution in [0.15, 0.2) is 22.7 Å². The van der Waals surface area contributed by atoms with E-state index in [4.69, 9.17) is 19.3 Å². The van der Waals surface area contributed by atoms with Crippen molar-refractivity contribution >= 4 is 5.97 Å². The summed E-state index contributed by atoms with van der Waals surface area (Å²) in [5, 5.41) is 12.7. The van der Waals surface area contributed by atoms with Gasteiger partial charge in [0.05, 0.1) is 30.9 Å². The van der Waals surface area contributed by atoms with E-state index >= 15 is 0 Å². The first-order valence-corrected chi connectivity index (χ1v) is 6.75. The smallest absolute Gasteiger partial charge is 0.311 e. The number of hydrogen-bond acceptors (Lipinski definition) is 6. The van der Waals surface area contributed by atoms with Crippen molar-refractivity contribution in [2.24, 2.45) is 0 Å². The van der Waals surface area contributed by atoms with Crippen LogP contribution >= 0.6 is 0 Å². The van der Waals surface area contributed by atoms with Gasteiger partial charge in [0.15, 0.2) is 11.5 Å². The van der Waals surface area contributed by atoms with E-state index in [1.54, 1.807) is 12.1 Å². The molecule has 0 aliphatic heterocycles. The fourth-order valence-corrected chi connectivity index (χ4v) is 2.08. The first-order chi connectivity index (χ1) is 10.5. The third kappa shape index (κ3) is 3.44. The molecule has 6 nitrogen and oxygen atoms in total. The van der Waals surface area contributed by atoms with E-state index in [9.17, 15) is 4.79 Å². The van der Waals surface area contributed by atoms with E-state index in [-0.39, 0.29) is 12.4 Å². The predicted octanol–water partition coefficient (Wildman–Crippen LogP) is 2.71. The topological polar surface area (TPSA) is 85.4 Å². The summed E-state index contributed by atoms with van der Waals surface area (Å²) < 4.78 is 15.5. The second-order valence-corrected chi connectivity index (χ2v) is 4.75. The van der Waals surface area contributed by atoms with Crippen molar-refractivity contribution in [2.75, 3.05) is 7.11 Å². The molecule has 1 aromatic heterocycles. The van der Waals surface area contributed by atoms with Crippen LogP contribution in [0.5, 0.6) is 11.5 Å². The van der Waals surface area contributed by atoms with Gasteiger partial charge in [-0.15, -0.1) is 0 Å². The molecule has 0 bridgehead atoms. The van der Waals surface area contributed by atoms with Gasteiger partial charge >= 0.3 is 5.97 Å². The van der Waals surface area contributed by atoms with Crippen LogP contribution in [0.1, 0.15) is 29.0 Å². The standard InChI is InChI=1S/C16H16N2O4/c1-10-13(11(2)22-18-10)5-7-16(19)21-14-6-4-12(9-17)8-15(14)20-3/h4,6,8H,5,7H2,1-3H3. The number of nitrogens with zero attached hydrogens (tertiary/aromatic N) is 2. The predicted molar refractivity (Wildman–Crippen MR) is 77.6 cm³/mol. The largest absolute Gasteiger partial charge is 0.493 e. The average molecular weight is 300 g/mol. The van der Waals surface area contributed by atoms with Crippen molar-refractivity contribution in [3.63, 3.8) is 0 Å². The molecule has 0 amide bonds. The first kappa shape index (κ1) is 15.6. The molecule has 0 unspecified atom stereocenters. The van der Waals surface area contributed by atoms with E-state index in [1.165, 1.54) is 13.2 Å². The lowest BCUT2D eigenvalue weighted by Gasteiger charge is -2.09. The first-order valence-electron chi connectivity index (χ1n) is 6.75. The Morgan fingerprint density at radius 1 is 1.36 bits per heavy atom. The lowest BCUT2D eigenvalue weighted by Crippen LogP contribution is -2.10. The van der Waals surface area contributed by atoms with Gasteiger partial charge in [-0.25, -0.2) is 0 Å². The van der Waals surface area contributed by atoms with Crippen LogP contribution in [0.4, 0.5) is 0 Å². The quantitative estimate of drug-likeness (QED) is 0.623. The lowest BCUT2D eigenvalue weighted by atomic mass is 10.1. The summed E-state index contributed by atoms with van der Waals surface area (Å²) in [4.78, 5) is 12.0. The molecule has 1 heterocycles. The zero-order chi connectivity index (χ0) is 16.1. The number of benzene rings is 1. The molecule has 0 aliphatic rings. The molecule has 2 rings (SSSR count). The Balaban J connectivity index is 2.02. The third-order valence-electron chi connectivity index (χ3n) is 3.28. The molecule has 0 N–H and O–H groups in total. The van der Waals surface area contributed by atoms with Gasteiger partial charge in [0, 0.05) is 11.6 Å². The second kappa shape index (κ2) is 6.76. The molecule has 6 heteroatoms. The number of carbonyl (C=O) groups is 1. The Bertz CT molecular complexity index is 709. The van der Waals surface area contributed by atoms with Crippen molar-refractivity contribution < 1.29 is 18.8 Å². The van der Waals surface area contributed by atoms with Crippen LogP contribution in [0.2, 0.25) is 0 Å². The Morgan fingerprint density at radius 3 is 2.73 bits per heavy atom. The van der Waals surface area contributed by atoms with Gasteiger partial charge in [-0.3, -0.25) is 4.79 Å². The third-order valence-corrected chi connectivity index (χ3v) is 3.28. The summed E-state index contributed by atoms with van der Waals surface area (Å²) in [5.41, 5.74) is 2.14. The molecule has 0 atom stereocenters. The number of esters is 1. The van der Waals surface area contributed by atoms with E-state index in [2.05, 4.69) is 5.16 Å². The molecule has 0 saturated carbocycles. The molecule has 22 heavy (non-hydrogen) atoms. The van der Waals surface area contributed by atoms with Crippen molar-refractivity contribution in [3.05, 3.63) is 40.8 Å². The Labute approximate surface area is 128 Å². The maximum absolute atomic E-state index is 12.0. The van der Waals surface area contributed by atoms with Gasteiger partial charge in [-0.05, 0) is 32.4 Å². The molecule has 0 fully saturated rings. The highest BCUT2D eigenvalue weighted by atomic mass is 16.6. The number of aryl methyl sites for hydroxylation is 2. The number of ether oxygens (including phenoxy) is 2. The van der Waals surface area contributed by atoms with Crippen LogP contribution in [0.3, 0.4) is 0 Å². The lowest BCUT2D eigenvalue weighted by molar-refractivity contribution is -0.134. The molecular weight excluding hydrogens is 284 g/mol. The van der Waals surface area contributed by atoms with Gasteiger partial charge in [0.25, 0.3) is 0 Å². The summed E-state index contributed by atoms with van der Waals surface area (Å²) in [6.07, 6.45) is 0.699. The number of methoxy groups -OCH3 is 1. The van der Waals surface area contributed by atoms with Gasteiger partial charge in [-0.2, -0.15) is 5.26 Å². The zero-order valence-electron chi connectivity index (χ0n) is 12.7. The van der Waals surface area contributed by atoms with Crippen LogP contribution in [0, 0.1) is 25.2 Å². The molecule has 1 aromatic carbocycles.